The maximum absolute atomic E-state index is 13.5. The van der Waals surface area contributed by atoms with Gasteiger partial charge in [0.2, 0.25) is 11.8 Å². The minimum absolute atomic E-state index is 0.196. The van der Waals surface area contributed by atoms with Crippen LogP contribution < -0.4 is 10.6 Å². The van der Waals surface area contributed by atoms with Crippen LogP contribution in [0.25, 0.3) is 0 Å². The van der Waals surface area contributed by atoms with E-state index in [2.05, 4.69) is 36.6 Å². The number of carbonyl (C=O) groups excluding carboxylic acids is 2. The number of hydrogen-bond donors (Lipinski definition) is 14. The SMILES string of the molecule is CCCCCC/C=C\CCCCCCCCCC(=O)NC(COC1OC(CO)C(OC2OC(CO)C(O)C(OC3(C(=O)O)CC(O)C(NC(C)=O)C(C(O)C(O)CO)O3)C2O)C(O)C1O)C(O)/C=C/CCCCCCCCCCCCCCCCCCCCCCCC. The lowest BCUT2D eigenvalue weighted by Crippen LogP contribution is -2.70. The summed E-state index contributed by atoms with van der Waals surface area (Å²) < 4.78 is 34.8. The van der Waals surface area contributed by atoms with Crippen LogP contribution in [0.3, 0.4) is 0 Å². The molecule has 3 rings (SSSR count). The standard InChI is InChI=1S/C70H128N2O21/c1-4-6-8-10-12-14-16-18-20-21-22-23-24-25-26-27-28-30-31-33-35-37-39-41-43-52(77)51(72-57(80)44-42-40-38-36-34-32-29-19-17-15-13-11-9-7-5-2)49-88-67-62(84)61(83)64(56(48-75)90-67)91-68-63(85)66(60(82)55(47-74)89-68)93-70(69(86)87)45-53(78)58(71-50(3)76)65(92-70)59(81)54(79)46-73/h15,17,41,43,51-56,58-68,73-75,77-79,81-85H,4-14,16,18-40,42,44-49H2,1-3H3,(H,71,76)(H,72,80)(H,86,87)/b17-15-,43-41+. The van der Waals surface area contributed by atoms with Crippen molar-refractivity contribution < 1.29 is 104 Å². The lowest BCUT2D eigenvalue weighted by Gasteiger charge is -2.50. The average Bonchev–Trinajstić information content (AvgIpc) is 0.767. The number of carbonyl (C=O) groups is 3. The molecule has 544 valence electrons. The number of amides is 2. The largest absolute Gasteiger partial charge is 0.477 e. The molecular formula is C70H128N2O21. The van der Waals surface area contributed by atoms with Crippen LogP contribution in [0.2, 0.25) is 0 Å². The summed E-state index contributed by atoms with van der Waals surface area (Å²) in [6.07, 6.45) is 22.2. The molecule has 3 aliphatic rings. The summed E-state index contributed by atoms with van der Waals surface area (Å²) in [5.74, 6) is -6.15. The van der Waals surface area contributed by atoms with Crippen molar-refractivity contribution in [2.24, 2.45) is 0 Å². The minimum atomic E-state index is -3.08. The zero-order valence-corrected chi connectivity index (χ0v) is 56.9. The molecule has 0 aliphatic carbocycles. The number of rotatable bonds is 55. The van der Waals surface area contributed by atoms with E-state index in [1.54, 1.807) is 6.08 Å². The summed E-state index contributed by atoms with van der Waals surface area (Å²) in [5, 5.41) is 136. The molecule has 18 atom stereocenters. The van der Waals surface area contributed by atoms with Crippen LogP contribution in [-0.4, -0.2) is 215 Å². The Morgan fingerprint density at radius 1 is 0.559 bits per heavy atom. The second kappa shape index (κ2) is 50.5. The lowest BCUT2D eigenvalue weighted by molar-refractivity contribution is -0.386. The van der Waals surface area contributed by atoms with Crippen LogP contribution in [0.5, 0.6) is 0 Å². The molecule has 0 saturated carbocycles. The van der Waals surface area contributed by atoms with Crippen molar-refractivity contribution in [3.8, 4) is 0 Å². The molecule has 3 fully saturated rings. The number of carboxylic acids is 1. The Balaban J connectivity index is 1.57. The van der Waals surface area contributed by atoms with Gasteiger partial charge in [-0.15, -0.1) is 0 Å². The topological polar surface area (TPSA) is 373 Å². The van der Waals surface area contributed by atoms with E-state index < -0.39 is 155 Å². The second-order valence-corrected chi connectivity index (χ2v) is 26.4. The first kappa shape index (κ1) is 84.4. The van der Waals surface area contributed by atoms with Crippen LogP contribution in [0.15, 0.2) is 24.3 Å². The molecule has 0 aromatic carbocycles. The number of aliphatic hydroxyl groups excluding tert-OH is 11. The number of aliphatic hydroxyl groups is 11. The van der Waals surface area contributed by atoms with Crippen molar-refractivity contribution >= 4 is 17.8 Å². The van der Waals surface area contributed by atoms with E-state index in [0.29, 0.717) is 12.8 Å². The fourth-order valence-electron chi connectivity index (χ4n) is 12.6. The van der Waals surface area contributed by atoms with Crippen LogP contribution in [0.1, 0.15) is 265 Å². The van der Waals surface area contributed by atoms with Gasteiger partial charge in [0.1, 0.15) is 67.1 Å². The predicted molar refractivity (Wildman–Crippen MR) is 352 cm³/mol. The van der Waals surface area contributed by atoms with Crippen molar-refractivity contribution in [1.29, 1.82) is 0 Å². The highest BCUT2D eigenvalue weighted by atomic mass is 16.8. The van der Waals surface area contributed by atoms with Crippen LogP contribution >= 0.6 is 0 Å². The normalized spacial score (nSPS) is 28.2. The van der Waals surface area contributed by atoms with Crippen LogP contribution in [0, 0.1) is 0 Å². The smallest absolute Gasteiger partial charge is 0.364 e. The molecule has 0 bridgehead atoms. The van der Waals surface area contributed by atoms with Gasteiger partial charge in [-0.2, -0.15) is 0 Å². The first-order valence-corrected chi connectivity index (χ1v) is 36.2. The number of unbranched alkanes of at least 4 members (excludes halogenated alkanes) is 33. The van der Waals surface area contributed by atoms with Crippen molar-refractivity contribution in [3.63, 3.8) is 0 Å². The van der Waals surface area contributed by atoms with Gasteiger partial charge in [0, 0.05) is 19.8 Å². The Kier molecular flexibility index (Phi) is 45.9. The van der Waals surface area contributed by atoms with E-state index >= 15 is 0 Å². The Bertz CT molecular complexity index is 1970. The number of aliphatic carboxylic acids is 1. The van der Waals surface area contributed by atoms with E-state index in [-0.39, 0.29) is 12.3 Å². The molecule has 3 heterocycles. The molecule has 0 radical (unpaired) electrons. The average molecular weight is 1330 g/mol. The third kappa shape index (κ3) is 32.6. The number of carboxylic acid groups (broad SMARTS) is 1. The van der Waals surface area contributed by atoms with E-state index in [1.165, 1.54) is 148 Å². The fourth-order valence-corrected chi connectivity index (χ4v) is 12.6. The highest BCUT2D eigenvalue weighted by Gasteiger charge is 2.60. The summed E-state index contributed by atoms with van der Waals surface area (Å²) in [7, 11) is 0. The zero-order chi connectivity index (χ0) is 68.2. The Hall–Kier alpha value is -2.79. The molecule has 14 N–H and O–H groups in total. The van der Waals surface area contributed by atoms with Gasteiger partial charge in [0.25, 0.3) is 5.79 Å². The van der Waals surface area contributed by atoms with Gasteiger partial charge in [0.05, 0.1) is 50.7 Å². The molecule has 0 spiro atoms. The predicted octanol–water partition coefficient (Wildman–Crippen LogP) is 7.23. The van der Waals surface area contributed by atoms with Crippen molar-refractivity contribution in [2.75, 3.05) is 26.4 Å². The summed E-state index contributed by atoms with van der Waals surface area (Å²) in [6.45, 7) is 2.13. The number of ether oxygens (including phenoxy) is 6. The molecule has 93 heavy (non-hydrogen) atoms. The van der Waals surface area contributed by atoms with E-state index in [4.69, 9.17) is 28.4 Å². The molecule has 3 aliphatic heterocycles. The summed E-state index contributed by atoms with van der Waals surface area (Å²) in [6, 6.07) is -2.62. The first-order chi connectivity index (χ1) is 44.9. The van der Waals surface area contributed by atoms with Crippen molar-refractivity contribution in [2.45, 2.75) is 375 Å². The molecular weight excluding hydrogens is 1200 g/mol. The lowest BCUT2D eigenvalue weighted by atomic mass is 9.88. The van der Waals surface area contributed by atoms with Gasteiger partial charge >= 0.3 is 5.97 Å². The van der Waals surface area contributed by atoms with Gasteiger partial charge in [-0.1, -0.05) is 224 Å². The van der Waals surface area contributed by atoms with Crippen LogP contribution in [-0.2, 0) is 42.8 Å². The van der Waals surface area contributed by atoms with Gasteiger partial charge in [-0.25, -0.2) is 4.79 Å². The van der Waals surface area contributed by atoms with Crippen molar-refractivity contribution in [3.05, 3.63) is 24.3 Å². The van der Waals surface area contributed by atoms with Gasteiger partial charge < -0.3 is 100 Å². The molecule has 23 heteroatoms. The zero-order valence-electron chi connectivity index (χ0n) is 56.9. The second-order valence-electron chi connectivity index (χ2n) is 26.4. The monoisotopic (exact) mass is 1330 g/mol. The Morgan fingerprint density at radius 3 is 1.47 bits per heavy atom. The maximum Gasteiger partial charge on any atom is 0.364 e. The summed E-state index contributed by atoms with van der Waals surface area (Å²) in [5.41, 5.74) is 0. The summed E-state index contributed by atoms with van der Waals surface area (Å²) in [4.78, 5) is 38.5. The third-order valence-corrected chi connectivity index (χ3v) is 18.4. The summed E-state index contributed by atoms with van der Waals surface area (Å²) >= 11 is 0. The fraction of sp³-hybridized carbons (Fsp3) is 0.900. The highest BCUT2D eigenvalue weighted by Crippen LogP contribution is 2.39. The number of allylic oxidation sites excluding steroid dienone is 3. The first-order valence-electron chi connectivity index (χ1n) is 36.2. The highest BCUT2D eigenvalue weighted by molar-refractivity contribution is 5.77. The minimum Gasteiger partial charge on any atom is -0.477 e. The third-order valence-electron chi connectivity index (χ3n) is 18.4. The van der Waals surface area contributed by atoms with Gasteiger partial charge in [0.15, 0.2) is 12.6 Å². The van der Waals surface area contributed by atoms with Gasteiger partial charge in [-0.05, 0) is 44.9 Å². The van der Waals surface area contributed by atoms with Crippen molar-refractivity contribution in [1.82, 2.24) is 10.6 Å². The molecule has 3 saturated heterocycles. The molecule has 23 nitrogen and oxygen atoms in total. The Labute approximate surface area is 555 Å². The molecule has 0 aromatic heterocycles. The van der Waals surface area contributed by atoms with Gasteiger partial charge in [-0.3, -0.25) is 9.59 Å². The van der Waals surface area contributed by atoms with E-state index in [0.717, 1.165) is 77.6 Å². The van der Waals surface area contributed by atoms with E-state index in [9.17, 15) is 75.7 Å². The quantitative estimate of drug-likeness (QED) is 0.0211. The molecule has 2 amide bonds. The molecule has 0 aromatic rings. The van der Waals surface area contributed by atoms with Crippen LogP contribution in [0.4, 0.5) is 0 Å². The maximum atomic E-state index is 13.5. The number of hydrogen-bond acceptors (Lipinski definition) is 20. The number of nitrogens with one attached hydrogen (secondary N) is 2. The molecule has 18 unspecified atom stereocenters. The Morgan fingerprint density at radius 2 is 1.01 bits per heavy atom. The van der Waals surface area contributed by atoms with E-state index in [1.807, 2.05) is 6.08 Å².